The van der Waals surface area contributed by atoms with Crippen molar-refractivity contribution in [2.75, 3.05) is 37.4 Å². The fraction of sp³-hybridized carbons (Fsp3) is 0.304. The van der Waals surface area contributed by atoms with Gasteiger partial charge in [-0.05, 0) is 36.6 Å². The van der Waals surface area contributed by atoms with Gasteiger partial charge in [0, 0.05) is 39.2 Å². The Bertz CT molecular complexity index is 838. The van der Waals surface area contributed by atoms with Crippen molar-refractivity contribution >= 4 is 29.3 Å². The molecule has 146 valence electrons. The number of amides is 2. The second-order valence-corrected chi connectivity index (χ2v) is 7.24. The molecule has 5 nitrogen and oxygen atoms in total. The number of nitrogens with zero attached hydrogens (tertiary/aromatic N) is 2. The maximum absolute atomic E-state index is 12.7. The molecule has 3 rings (SSSR count). The summed E-state index contributed by atoms with van der Waals surface area (Å²) in [5.41, 5.74) is 2.81. The van der Waals surface area contributed by atoms with Gasteiger partial charge in [-0.25, -0.2) is 0 Å². The predicted octanol–water partition coefficient (Wildman–Crippen LogP) is 3.64. The highest BCUT2D eigenvalue weighted by molar-refractivity contribution is 5.96. The van der Waals surface area contributed by atoms with Crippen molar-refractivity contribution in [1.82, 2.24) is 4.90 Å². The van der Waals surface area contributed by atoms with Crippen molar-refractivity contribution in [3.63, 3.8) is 0 Å². The Morgan fingerprint density at radius 3 is 2.32 bits per heavy atom. The summed E-state index contributed by atoms with van der Waals surface area (Å²) < 4.78 is 0. The highest BCUT2D eigenvalue weighted by atomic mass is 16.2. The van der Waals surface area contributed by atoms with Crippen LogP contribution in [0.4, 0.5) is 11.4 Å². The molecule has 2 amide bonds. The number of carbonyl (C=O) groups is 2. The van der Waals surface area contributed by atoms with E-state index in [2.05, 4.69) is 5.32 Å². The van der Waals surface area contributed by atoms with Gasteiger partial charge in [0.05, 0.1) is 11.4 Å². The van der Waals surface area contributed by atoms with Gasteiger partial charge >= 0.3 is 0 Å². The van der Waals surface area contributed by atoms with Crippen molar-refractivity contribution in [3.05, 3.63) is 66.2 Å². The van der Waals surface area contributed by atoms with Gasteiger partial charge in [-0.2, -0.15) is 0 Å². The zero-order chi connectivity index (χ0) is 19.9. The molecule has 0 unspecified atom stereocenters. The first kappa shape index (κ1) is 19.7. The van der Waals surface area contributed by atoms with Crippen LogP contribution in [0.1, 0.15) is 18.4 Å². The summed E-state index contributed by atoms with van der Waals surface area (Å²) in [6.07, 6.45) is 4.81. The number of hydrogen-bond donors (Lipinski definition) is 1. The molecule has 1 fully saturated rings. The van der Waals surface area contributed by atoms with Crippen LogP contribution in [0.15, 0.2) is 60.7 Å². The van der Waals surface area contributed by atoms with Crippen molar-refractivity contribution in [1.29, 1.82) is 0 Å². The molecule has 1 N–H and O–H groups in total. The van der Waals surface area contributed by atoms with Gasteiger partial charge in [0.25, 0.3) is 0 Å². The molecule has 2 aromatic carbocycles. The number of likely N-dealkylation sites (tertiary alicyclic amines) is 1. The van der Waals surface area contributed by atoms with E-state index in [-0.39, 0.29) is 17.7 Å². The van der Waals surface area contributed by atoms with Crippen LogP contribution in [0.3, 0.4) is 0 Å². The van der Waals surface area contributed by atoms with Gasteiger partial charge in [0.1, 0.15) is 0 Å². The minimum atomic E-state index is -0.0719. The Labute approximate surface area is 166 Å². The summed E-state index contributed by atoms with van der Waals surface area (Å²) in [6.45, 7) is 1.21. The number of piperidine rings is 1. The van der Waals surface area contributed by atoms with Gasteiger partial charge in [-0.3, -0.25) is 9.59 Å². The number of benzene rings is 2. The average molecular weight is 377 g/mol. The van der Waals surface area contributed by atoms with Crippen LogP contribution in [0.5, 0.6) is 0 Å². The molecule has 0 atom stereocenters. The molecule has 0 saturated carbocycles. The fourth-order valence-corrected chi connectivity index (χ4v) is 3.40. The molecule has 0 radical (unpaired) electrons. The molecule has 2 aromatic rings. The van der Waals surface area contributed by atoms with Gasteiger partial charge < -0.3 is 15.1 Å². The van der Waals surface area contributed by atoms with Crippen LogP contribution in [0, 0.1) is 5.92 Å². The lowest BCUT2D eigenvalue weighted by Crippen LogP contribution is -2.40. The van der Waals surface area contributed by atoms with E-state index in [0.717, 1.165) is 16.9 Å². The zero-order valence-electron chi connectivity index (χ0n) is 16.5. The van der Waals surface area contributed by atoms with Crippen LogP contribution < -0.4 is 10.2 Å². The molecule has 28 heavy (non-hydrogen) atoms. The summed E-state index contributed by atoms with van der Waals surface area (Å²) in [7, 11) is 3.91. The van der Waals surface area contributed by atoms with Crippen LogP contribution in [-0.4, -0.2) is 43.9 Å². The van der Waals surface area contributed by atoms with E-state index in [1.54, 1.807) is 6.08 Å². The first-order valence-electron chi connectivity index (χ1n) is 9.64. The molecule has 1 heterocycles. The van der Waals surface area contributed by atoms with Crippen molar-refractivity contribution < 1.29 is 9.59 Å². The molecule has 0 aliphatic carbocycles. The van der Waals surface area contributed by atoms with Gasteiger partial charge in [0.15, 0.2) is 0 Å². The van der Waals surface area contributed by atoms with E-state index in [0.29, 0.717) is 25.9 Å². The SMILES string of the molecule is CN(C)c1ccccc1NC(=O)C1CCN(C(=O)C=Cc2ccccc2)CC1. The molecule has 0 bridgehead atoms. The first-order chi connectivity index (χ1) is 13.5. The van der Waals surface area contributed by atoms with Gasteiger partial charge in [-0.1, -0.05) is 42.5 Å². The molecule has 1 aliphatic rings. The third-order valence-electron chi connectivity index (χ3n) is 5.04. The lowest BCUT2D eigenvalue weighted by molar-refractivity contribution is -0.130. The topological polar surface area (TPSA) is 52.7 Å². The van der Waals surface area contributed by atoms with Crippen molar-refractivity contribution in [2.24, 2.45) is 5.92 Å². The summed E-state index contributed by atoms with van der Waals surface area (Å²) >= 11 is 0. The monoisotopic (exact) mass is 377 g/mol. The van der Waals surface area contributed by atoms with Crippen LogP contribution >= 0.6 is 0 Å². The average Bonchev–Trinajstić information content (AvgIpc) is 2.73. The third kappa shape index (κ3) is 5.00. The van der Waals surface area contributed by atoms with Crippen LogP contribution in [0.2, 0.25) is 0 Å². The Hall–Kier alpha value is -3.08. The van der Waals surface area contributed by atoms with E-state index < -0.39 is 0 Å². The largest absolute Gasteiger partial charge is 0.376 e. The second kappa shape index (κ2) is 9.22. The minimum Gasteiger partial charge on any atom is -0.376 e. The maximum Gasteiger partial charge on any atom is 0.246 e. The van der Waals surface area contributed by atoms with E-state index in [1.165, 1.54) is 0 Å². The van der Waals surface area contributed by atoms with E-state index >= 15 is 0 Å². The number of para-hydroxylation sites is 2. The third-order valence-corrected chi connectivity index (χ3v) is 5.04. The van der Waals surface area contributed by atoms with Gasteiger partial charge in [0.2, 0.25) is 11.8 Å². The summed E-state index contributed by atoms with van der Waals surface area (Å²) in [5, 5.41) is 3.05. The van der Waals surface area contributed by atoms with Crippen molar-refractivity contribution in [2.45, 2.75) is 12.8 Å². The first-order valence-corrected chi connectivity index (χ1v) is 9.64. The Balaban J connectivity index is 1.53. The number of carbonyl (C=O) groups excluding carboxylic acids is 2. The number of anilines is 2. The molecule has 0 aromatic heterocycles. The Kier molecular flexibility index (Phi) is 6.48. The Morgan fingerprint density at radius 1 is 1.00 bits per heavy atom. The molecule has 5 heteroatoms. The normalized spacial score (nSPS) is 14.9. The standard InChI is InChI=1S/C23H27N3O2/c1-25(2)21-11-7-6-10-20(21)24-23(28)19-14-16-26(17-15-19)22(27)13-12-18-8-4-3-5-9-18/h3-13,19H,14-17H2,1-2H3,(H,24,28). The van der Waals surface area contributed by atoms with Gasteiger partial charge in [-0.15, -0.1) is 0 Å². The summed E-state index contributed by atoms with van der Waals surface area (Å²) in [6, 6.07) is 17.5. The Morgan fingerprint density at radius 2 is 1.64 bits per heavy atom. The van der Waals surface area contributed by atoms with E-state index in [4.69, 9.17) is 0 Å². The number of nitrogens with one attached hydrogen (secondary N) is 1. The highest BCUT2D eigenvalue weighted by Gasteiger charge is 2.27. The van der Waals surface area contributed by atoms with E-state index in [1.807, 2.05) is 84.6 Å². The zero-order valence-corrected chi connectivity index (χ0v) is 16.5. The molecular formula is C23H27N3O2. The van der Waals surface area contributed by atoms with E-state index in [9.17, 15) is 9.59 Å². The highest BCUT2D eigenvalue weighted by Crippen LogP contribution is 2.26. The fourth-order valence-electron chi connectivity index (χ4n) is 3.40. The number of hydrogen-bond acceptors (Lipinski definition) is 3. The second-order valence-electron chi connectivity index (χ2n) is 7.24. The van der Waals surface area contributed by atoms with Crippen molar-refractivity contribution in [3.8, 4) is 0 Å². The van der Waals surface area contributed by atoms with Crippen LogP contribution in [0.25, 0.3) is 6.08 Å². The molecule has 0 spiro atoms. The minimum absolute atomic E-state index is 0.000615. The summed E-state index contributed by atoms with van der Waals surface area (Å²) in [5.74, 6) is -0.0423. The smallest absolute Gasteiger partial charge is 0.246 e. The molecule has 1 saturated heterocycles. The van der Waals surface area contributed by atoms with Crippen LogP contribution in [-0.2, 0) is 9.59 Å². The quantitative estimate of drug-likeness (QED) is 0.810. The maximum atomic E-state index is 12.7. The number of rotatable bonds is 5. The lowest BCUT2D eigenvalue weighted by atomic mass is 9.95. The lowest BCUT2D eigenvalue weighted by Gasteiger charge is -2.31. The predicted molar refractivity (Wildman–Crippen MR) is 114 cm³/mol. The molecule has 1 aliphatic heterocycles. The molecular weight excluding hydrogens is 350 g/mol. The summed E-state index contributed by atoms with van der Waals surface area (Å²) in [4.78, 5) is 28.9.